The molecule has 0 bridgehead atoms. The molecule has 5 heteroatoms. The van der Waals surface area contributed by atoms with E-state index in [0.717, 1.165) is 12.5 Å². The van der Waals surface area contributed by atoms with Gasteiger partial charge in [0, 0.05) is 12.1 Å². The molecule has 1 aliphatic rings. The van der Waals surface area contributed by atoms with E-state index >= 15 is 0 Å². The predicted molar refractivity (Wildman–Crippen MR) is 63.5 cm³/mol. The Labute approximate surface area is 99.0 Å². The van der Waals surface area contributed by atoms with Crippen molar-refractivity contribution in [3.05, 3.63) is 34.1 Å². The van der Waals surface area contributed by atoms with Crippen LogP contribution in [0.2, 0.25) is 0 Å². The fraction of sp³-hybridized carbons (Fsp3) is 0.500. The summed E-state index contributed by atoms with van der Waals surface area (Å²) >= 11 is 0. The van der Waals surface area contributed by atoms with Gasteiger partial charge in [-0.25, -0.2) is 4.39 Å². The molecular formula is C12H15FN2O2. The molecule has 4 nitrogen and oxygen atoms in total. The first-order valence-corrected chi connectivity index (χ1v) is 5.82. The maximum absolute atomic E-state index is 13.6. The number of nitro benzene ring substituents is 1. The predicted octanol–water partition coefficient (Wildman–Crippen LogP) is 3.33. The van der Waals surface area contributed by atoms with E-state index < -0.39 is 10.7 Å². The molecule has 2 rings (SSSR count). The van der Waals surface area contributed by atoms with E-state index in [1.54, 1.807) is 0 Å². The molecule has 1 unspecified atom stereocenters. The molecule has 0 aliphatic heterocycles. The number of non-ortho nitro benzene ring substituents is 1. The lowest BCUT2D eigenvalue weighted by Gasteiger charge is -2.17. The average molecular weight is 238 g/mol. The highest BCUT2D eigenvalue weighted by atomic mass is 19.1. The molecule has 92 valence electrons. The lowest BCUT2D eigenvalue weighted by molar-refractivity contribution is -0.385. The SMILES string of the molecule is CCC(Nc1ccc([N+](=O)[O-])cc1F)C1CC1. The van der Waals surface area contributed by atoms with Crippen LogP contribution in [0.25, 0.3) is 0 Å². The first kappa shape index (κ1) is 11.8. The van der Waals surface area contributed by atoms with Gasteiger partial charge in [0.25, 0.3) is 5.69 Å². The van der Waals surface area contributed by atoms with Crippen LogP contribution in [0, 0.1) is 21.8 Å². The standard InChI is InChI=1S/C12H15FN2O2/c1-2-11(8-3-4-8)14-12-6-5-9(15(16)17)7-10(12)13/h5-8,11,14H,2-4H2,1H3. The van der Waals surface area contributed by atoms with Crippen LogP contribution in [0.4, 0.5) is 15.8 Å². The fourth-order valence-electron chi connectivity index (χ4n) is 1.99. The molecule has 1 saturated carbocycles. The Kier molecular flexibility index (Phi) is 3.26. The van der Waals surface area contributed by atoms with Crippen LogP contribution in [0.1, 0.15) is 26.2 Å². The highest BCUT2D eigenvalue weighted by molar-refractivity contribution is 5.50. The van der Waals surface area contributed by atoms with Crippen LogP contribution in [0.15, 0.2) is 18.2 Å². The zero-order chi connectivity index (χ0) is 12.4. The second-order valence-electron chi connectivity index (χ2n) is 4.42. The third kappa shape index (κ3) is 2.72. The van der Waals surface area contributed by atoms with E-state index in [9.17, 15) is 14.5 Å². The summed E-state index contributed by atoms with van der Waals surface area (Å²) in [6, 6.07) is 4.00. The monoisotopic (exact) mass is 238 g/mol. The lowest BCUT2D eigenvalue weighted by atomic mass is 10.1. The van der Waals surface area contributed by atoms with E-state index in [1.165, 1.54) is 25.0 Å². The highest BCUT2D eigenvalue weighted by Crippen LogP contribution is 2.36. The second kappa shape index (κ2) is 4.69. The molecule has 1 atom stereocenters. The number of nitrogens with zero attached hydrogens (tertiary/aromatic N) is 1. The number of hydrogen-bond acceptors (Lipinski definition) is 3. The van der Waals surface area contributed by atoms with Crippen molar-refractivity contribution in [3.63, 3.8) is 0 Å². The first-order chi connectivity index (χ1) is 8.11. The normalized spacial score (nSPS) is 16.6. The molecule has 0 aromatic heterocycles. The van der Waals surface area contributed by atoms with E-state index in [2.05, 4.69) is 12.2 Å². The number of halogens is 1. The van der Waals surface area contributed by atoms with E-state index in [-0.39, 0.29) is 11.7 Å². The lowest BCUT2D eigenvalue weighted by Crippen LogP contribution is -2.21. The van der Waals surface area contributed by atoms with Gasteiger partial charge in [-0.1, -0.05) is 6.92 Å². The Morgan fingerprint density at radius 3 is 2.76 bits per heavy atom. The van der Waals surface area contributed by atoms with E-state index in [0.29, 0.717) is 11.6 Å². The van der Waals surface area contributed by atoms with Gasteiger partial charge >= 0.3 is 0 Å². The van der Waals surface area contributed by atoms with Crippen molar-refractivity contribution in [3.8, 4) is 0 Å². The van der Waals surface area contributed by atoms with Crippen molar-refractivity contribution in [2.24, 2.45) is 5.92 Å². The van der Waals surface area contributed by atoms with Crippen LogP contribution in [-0.4, -0.2) is 11.0 Å². The Morgan fingerprint density at radius 2 is 2.29 bits per heavy atom. The number of hydrogen-bond donors (Lipinski definition) is 1. The van der Waals surface area contributed by atoms with Gasteiger partial charge in [0.15, 0.2) is 5.82 Å². The molecule has 1 N–H and O–H groups in total. The van der Waals surface area contributed by atoms with Gasteiger partial charge in [-0.15, -0.1) is 0 Å². The summed E-state index contributed by atoms with van der Waals surface area (Å²) < 4.78 is 13.6. The topological polar surface area (TPSA) is 55.2 Å². The smallest absolute Gasteiger partial charge is 0.272 e. The molecule has 0 spiro atoms. The minimum atomic E-state index is -0.592. The van der Waals surface area contributed by atoms with Crippen molar-refractivity contribution in [1.82, 2.24) is 0 Å². The molecule has 1 aromatic rings. The van der Waals surface area contributed by atoms with E-state index in [1.807, 2.05) is 0 Å². The largest absolute Gasteiger partial charge is 0.380 e. The summed E-state index contributed by atoms with van der Waals surface area (Å²) in [6.45, 7) is 2.05. The van der Waals surface area contributed by atoms with Gasteiger partial charge in [0.2, 0.25) is 0 Å². The minimum absolute atomic E-state index is 0.215. The van der Waals surface area contributed by atoms with Crippen LogP contribution in [0.5, 0.6) is 0 Å². The van der Waals surface area contributed by atoms with Gasteiger partial charge in [-0.2, -0.15) is 0 Å². The zero-order valence-electron chi connectivity index (χ0n) is 9.65. The van der Waals surface area contributed by atoms with E-state index in [4.69, 9.17) is 0 Å². The van der Waals surface area contributed by atoms with Gasteiger partial charge in [0.1, 0.15) is 0 Å². The summed E-state index contributed by atoms with van der Waals surface area (Å²) in [5.41, 5.74) is 0.141. The summed E-state index contributed by atoms with van der Waals surface area (Å²) in [4.78, 5) is 9.89. The van der Waals surface area contributed by atoms with Crippen LogP contribution in [0.3, 0.4) is 0 Å². The van der Waals surface area contributed by atoms with Crippen LogP contribution in [-0.2, 0) is 0 Å². The molecule has 0 saturated heterocycles. The van der Waals surface area contributed by atoms with Gasteiger partial charge in [0.05, 0.1) is 16.7 Å². The van der Waals surface area contributed by atoms with Crippen molar-refractivity contribution < 1.29 is 9.31 Å². The van der Waals surface area contributed by atoms with Crippen molar-refractivity contribution in [1.29, 1.82) is 0 Å². The van der Waals surface area contributed by atoms with Crippen molar-refractivity contribution in [2.45, 2.75) is 32.2 Å². The molecule has 0 amide bonds. The van der Waals surface area contributed by atoms with Crippen molar-refractivity contribution >= 4 is 11.4 Å². The number of anilines is 1. The average Bonchev–Trinajstić information content (AvgIpc) is 3.11. The fourth-order valence-corrected chi connectivity index (χ4v) is 1.99. The summed E-state index contributed by atoms with van der Waals surface area (Å²) in [5.74, 6) is 0.0629. The molecule has 0 radical (unpaired) electrons. The zero-order valence-corrected chi connectivity index (χ0v) is 9.65. The highest BCUT2D eigenvalue weighted by Gasteiger charge is 2.30. The maximum Gasteiger partial charge on any atom is 0.272 e. The Balaban J connectivity index is 2.12. The quantitative estimate of drug-likeness (QED) is 0.632. The van der Waals surface area contributed by atoms with Crippen LogP contribution >= 0.6 is 0 Å². The third-order valence-corrected chi connectivity index (χ3v) is 3.14. The minimum Gasteiger partial charge on any atom is -0.380 e. The Bertz CT molecular complexity index is 433. The molecular weight excluding hydrogens is 223 g/mol. The second-order valence-corrected chi connectivity index (χ2v) is 4.42. The maximum atomic E-state index is 13.6. The number of benzene rings is 1. The van der Waals surface area contributed by atoms with Gasteiger partial charge < -0.3 is 5.32 Å². The van der Waals surface area contributed by atoms with Crippen molar-refractivity contribution in [2.75, 3.05) is 5.32 Å². The molecule has 1 aliphatic carbocycles. The molecule has 17 heavy (non-hydrogen) atoms. The summed E-state index contributed by atoms with van der Waals surface area (Å²) in [7, 11) is 0. The molecule has 1 aromatic carbocycles. The molecule has 1 fully saturated rings. The van der Waals surface area contributed by atoms with Gasteiger partial charge in [-0.3, -0.25) is 10.1 Å². The van der Waals surface area contributed by atoms with Gasteiger partial charge in [-0.05, 0) is 31.2 Å². The molecule has 0 heterocycles. The Morgan fingerprint density at radius 1 is 1.59 bits per heavy atom. The number of rotatable bonds is 5. The summed E-state index contributed by atoms with van der Waals surface area (Å²) in [6.07, 6.45) is 3.29. The summed E-state index contributed by atoms with van der Waals surface area (Å²) in [5, 5.41) is 13.6. The van der Waals surface area contributed by atoms with Crippen LogP contribution < -0.4 is 5.32 Å². The number of nitro groups is 1. The Hall–Kier alpha value is -1.65. The first-order valence-electron chi connectivity index (χ1n) is 5.82. The third-order valence-electron chi connectivity index (χ3n) is 3.14. The number of nitrogens with one attached hydrogen (secondary N) is 1.